The van der Waals surface area contributed by atoms with E-state index in [2.05, 4.69) is 17.9 Å². The van der Waals surface area contributed by atoms with Crippen LogP contribution in [0.2, 0.25) is 0 Å². The van der Waals surface area contributed by atoms with E-state index in [0.717, 1.165) is 12.5 Å². The van der Waals surface area contributed by atoms with Gasteiger partial charge in [0.1, 0.15) is 5.75 Å². The van der Waals surface area contributed by atoms with E-state index in [1.54, 1.807) is 0 Å². The van der Waals surface area contributed by atoms with Gasteiger partial charge in [0.25, 0.3) is 0 Å². The number of aryl methyl sites for hydroxylation is 1. The highest BCUT2D eigenvalue weighted by atomic mass is 16.3. The number of hydrogen-bond acceptors (Lipinski definition) is 2. The average molecular weight is 245 g/mol. The molecule has 1 aromatic rings. The first kappa shape index (κ1) is 12.0. The van der Waals surface area contributed by atoms with Crippen molar-refractivity contribution in [3.05, 3.63) is 29.3 Å². The van der Waals surface area contributed by atoms with Crippen LogP contribution in [-0.2, 0) is 6.42 Å². The molecule has 0 unspecified atom stereocenters. The van der Waals surface area contributed by atoms with E-state index >= 15 is 0 Å². The maximum atomic E-state index is 9.61. The Bertz CT molecular complexity index is 427. The Hall–Kier alpha value is -1.02. The largest absolute Gasteiger partial charge is 0.508 e. The molecule has 2 heteroatoms. The summed E-state index contributed by atoms with van der Waals surface area (Å²) in [6, 6.07) is 6.75. The second-order valence-corrected chi connectivity index (χ2v) is 5.77. The molecule has 1 saturated heterocycles. The number of nitrogens with zero attached hydrogens (tertiary/aromatic N) is 1. The van der Waals surface area contributed by atoms with Crippen molar-refractivity contribution in [3.63, 3.8) is 0 Å². The molecule has 2 aliphatic rings. The van der Waals surface area contributed by atoms with Gasteiger partial charge in [-0.1, -0.05) is 13.0 Å². The second-order valence-electron chi connectivity index (χ2n) is 5.77. The van der Waals surface area contributed by atoms with E-state index < -0.39 is 0 Å². The Morgan fingerprint density at radius 3 is 3.06 bits per heavy atom. The van der Waals surface area contributed by atoms with Crippen LogP contribution in [0.3, 0.4) is 0 Å². The smallest absolute Gasteiger partial charge is 0.115 e. The molecule has 18 heavy (non-hydrogen) atoms. The standard InChI is InChI=1S/C16H23NO/c1-2-9-17-10-3-4-15-14-7-6-13(18)11-12(14)5-8-16(15)17/h6-7,11,15-16,18H,2-5,8-10H2,1H3/t15-,16+/m0/s1. The third-order valence-corrected chi connectivity index (χ3v) is 4.64. The lowest BCUT2D eigenvalue weighted by atomic mass is 9.74. The summed E-state index contributed by atoms with van der Waals surface area (Å²) in [5.74, 6) is 1.13. The second kappa shape index (κ2) is 4.93. The molecule has 0 amide bonds. The van der Waals surface area contributed by atoms with Crippen LogP contribution in [0, 0.1) is 0 Å². The summed E-state index contributed by atoms with van der Waals surface area (Å²) in [4.78, 5) is 2.70. The van der Waals surface area contributed by atoms with Crippen LogP contribution >= 0.6 is 0 Å². The molecule has 0 bridgehead atoms. The summed E-state index contributed by atoms with van der Waals surface area (Å²) in [5.41, 5.74) is 2.89. The normalized spacial score (nSPS) is 27.6. The van der Waals surface area contributed by atoms with E-state index in [0.29, 0.717) is 11.7 Å². The van der Waals surface area contributed by atoms with Gasteiger partial charge in [-0.15, -0.1) is 0 Å². The monoisotopic (exact) mass is 245 g/mol. The molecular formula is C16H23NO. The van der Waals surface area contributed by atoms with Crippen LogP contribution in [0.5, 0.6) is 5.75 Å². The van der Waals surface area contributed by atoms with Crippen molar-refractivity contribution in [2.45, 2.75) is 51.0 Å². The van der Waals surface area contributed by atoms with Gasteiger partial charge in [-0.2, -0.15) is 0 Å². The predicted octanol–water partition coefficient (Wildman–Crippen LogP) is 3.30. The molecule has 3 rings (SSSR count). The van der Waals surface area contributed by atoms with Gasteiger partial charge < -0.3 is 5.11 Å². The lowest BCUT2D eigenvalue weighted by molar-refractivity contribution is 0.112. The molecule has 1 aromatic carbocycles. The molecule has 0 radical (unpaired) electrons. The zero-order valence-corrected chi connectivity index (χ0v) is 11.2. The minimum Gasteiger partial charge on any atom is -0.508 e. The number of fused-ring (bicyclic) bond motifs is 3. The van der Waals surface area contributed by atoms with E-state index in [1.165, 1.54) is 49.9 Å². The molecule has 2 atom stereocenters. The predicted molar refractivity (Wildman–Crippen MR) is 74.1 cm³/mol. The fourth-order valence-corrected chi connectivity index (χ4v) is 3.91. The molecule has 0 spiro atoms. The molecule has 98 valence electrons. The van der Waals surface area contributed by atoms with Gasteiger partial charge in [0.15, 0.2) is 0 Å². The maximum Gasteiger partial charge on any atom is 0.115 e. The number of benzene rings is 1. The fraction of sp³-hybridized carbons (Fsp3) is 0.625. The van der Waals surface area contributed by atoms with Crippen molar-refractivity contribution in [1.29, 1.82) is 0 Å². The van der Waals surface area contributed by atoms with E-state index in [1.807, 2.05) is 12.1 Å². The summed E-state index contributed by atoms with van der Waals surface area (Å²) in [7, 11) is 0. The van der Waals surface area contributed by atoms with Gasteiger partial charge in [0.2, 0.25) is 0 Å². The first-order valence-electron chi connectivity index (χ1n) is 7.35. The Kier molecular flexibility index (Phi) is 3.29. The third-order valence-electron chi connectivity index (χ3n) is 4.64. The molecule has 1 fully saturated rings. The van der Waals surface area contributed by atoms with Crippen LogP contribution < -0.4 is 0 Å². The first-order chi connectivity index (χ1) is 8.79. The maximum absolute atomic E-state index is 9.61. The highest BCUT2D eigenvalue weighted by Crippen LogP contribution is 2.41. The highest BCUT2D eigenvalue weighted by Gasteiger charge is 2.35. The zero-order chi connectivity index (χ0) is 12.5. The molecule has 1 heterocycles. The SMILES string of the molecule is CCCN1CCC[C@H]2c3ccc(O)cc3CC[C@H]21. The van der Waals surface area contributed by atoms with Crippen LogP contribution in [0.4, 0.5) is 0 Å². The van der Waals surface area contributed by atoms with Gasteiger partial charge in [-0.25, -0.2) is 0 Å². The van der Waals surface area contributed by atoms with E-state index in [9.17, 15) is 5.11 Å². The summed E-state index contributed by atoms with van der Waals surface area (Å²) in [5, 5.41) is 9.61. The number of likely N-dealkylation sites (tertiary alicyclic amines) is 1. The summed E-state index contributed by atoms with van der Waals surface area (Å²) in [6.07, 6.45) is 6.29. The van der Waals surface area contributed by atoms with E-state index in [-0.39, 0.29) is 0 Å². The number of phenols is 1. The van der Waals surface area contributed by atoms with Crippen molar-refractivity contribution in [2.75, 3.05) is 13.1 Å². The van der Waals surface area contributed by atoms with Crippen LogP contribution in [-0.4, -0.2) is 29.1 Å². The fourth-order valence-electron chi connectivity index (χ4n) is 3.91. The average Bonchev–Trinajstić information content (AvgIpc) is 2.38. The third kappa shape index (κ3) is 2.03. The molecular weight excluding hydrogens is 222 g/mol. The minimum absolute atomic E-state index is 0.424. The van der Waals surface area contributed by atoms with Crippen molar-refractivity contribution < 1.29 is 5.11 Å². The number of rotatable bonds is 2. The molecule has 1 aliphatic heterocycles. The number of piperidine rings is 1. The van der Waals surface area contributed by atoms with E-state index in [4.69, 9.17) is 0 Å². The first-order valence-corrected chi connectivity index (χ1v) is 7.35. The van der Waals surface area contributed by atoms with Gasteiger partial charge in [0, 0.05) is 6.04 Å². The zero-order valence-electron chi connectivity index (χ0n) is 11.2. The van der Waals surface area contributed by atoms with Crippen LogP contribution in [0.1, 0.15) is 49.7 Å². The molecule has 0 saturated carbocycles. The molecule has 1 aliphatic carbocycles. The molecule has 2 nitrogen and oxygen atoms in total. The van der Waals surface area contributed by atoms with Crippen molar-refractivity contribution in [3.8, 4) is 5.75 Å². The van der Waals surface area contributed by atoms with Gasteiger partial charge in [-0.3, -0.25) is 4.90 Å². The number of aromatic hydroxyl groups is 1. The quantitative estimate of drug-likeness (QED) is 0.864. The Balaban J connectivity index is 1.89. The van der Waals surface area contributed by atoms with Gasteiger partial charge in [0.05, 0.1) is 0 Å². The van der Waals surface area contributed by atoms with Gasteiger partial charge >= 0.3 is 0 Å². The topological polar surface area (TPSA) is 23.5 Å². The Labute approximate surface area is 110 Å². The minimum atomic E-state index is 0.424. The lowest BCUT2D eigenvalue weighted by Gasteiger charge is -2.45. The van der Waals surface area contributed by atoms with Crippen LogP contribution in [0.15, 0.2) is 18.2 Å². The lowest BCUT2D eigenvalue weighted by Crippen LogP contribution is -2.46. The Morgan fingerprint density at radius 1 is 1.33 bits per heavy atom. The van der Waals surface area contributed by atoms with Crippen molar-refractivity contribution in [1.82, 2.24) is 4.90 Å². The van der Waals surface area contributed by atoms with Crippen LogP contribution in [0.25, 0.3) is 0 Å². The molecule has 0 aromatic heterocycles. The summed E-state index contributed by atoms with van der Waals surface area (Å²) < 4.78 is 0. The Morgan fingerprint density at radius 2 is 2.22 bits per heavy atom. The summed E-state index contributed by atoms with van der Waals surface area (Å²) >= 11 is 0. The summed E-state index contributed by atoms with van der Waals surface area (Å²) in [6.45, 7) is 4.80. The van der Waals surface area contributed by atoms with Gasteiger partial charge in [-0.05, 0) is 74.4 Å². The van der Waals surface area contributed by atoms with Crippen molar-refractivity contribution >= 4 is 0 Å². The number of phenolic OH excluding ortho intramolecular Hbond substituents is 1. The van der Waals surface area contributed by atoms with Crippen molar-refractivity contribution in [2.24, 2.45) is 0 Å². The highest BCUT2D eigenvalue weighted by molar-refractivity contribution is 5.40. The number of hydrogen-bond donors (Lipinski definition) is 1. The molecule has 1 N–H and O–H groups in total.